The maximum atomic E-state index is 12.4. The molecule has 0 saturated carbocycles. The normalized spacial score (nSPS) is 10.9. The Kier molecular flexibility index (Phi) is 8.90. The number of rotatable bonds is 7. The van der Waals surface area contributed by atoms with E-state index in [-0.39, 0.29) is 42.2 Å². The standard InChI is InChI=1S/C17H19F2N3O3.HI/c1-23-12-7-8-15(24-2)13(9-12)22-17(20)21-10-11-5-3-4-6-14(11)25-16(18)19;/h3-9,16H,10H2,1-2H3,(H3,20,21,22);1H. The number of nitrogens with zero attached hydrogens (tertiary/aromatic N) is 1. The van der Waals surface area contributed by atoms with Gasteiger partial charge in [-0.05, 0) is 18.2 Å². The van der Waals surface area contributed by atoms with Crippen LogP contribution in [0.1, 0.15) is 5.56 Å². The molecular formula is C17H20F2IN3O3. The first kappa shape index (κ1) is 21.7. The molecule has 9 heteroatoms. The Bertz CT molecular complexity index is 745. The lowest BCUT2D eigenvalue weighted by molar-refractivity contribution is -0.0504. The molecule has 0 amide bonds. The molecule has 0 aliphatic rings. The minimum atomic E-state index is -2.90. The van der Waals surface area contributed by atoms with Crippen LogP contribution in [0.15, 0.2) is 47.5 Å². The predicted molar refractivity (Wildman–Crippen MR) is 107 cm³/mol. The van der Waals surface area contributed by atoms with Crippen molar-refractivity contribution in [1.29, 1.82) is 0 Å². The Morgan fingerprint density at radius 3 is 2.50 bits per heavy atom. The molecular weight excluding hydrogens is 459 g/mol. The molecule has 0 bridgehead atoms. The molecule has 0 saturated heterocycles. The van der Waals surface area contributed by atoms with Crippen molar-refractivity contribution in [3.8, 4) is 17.2 Å². The molecule has 0 heterocycles. The Morgan fingerprint density at radius 2 is 1.85 bits per heavy atom. The van der Waals surface area contributed by atoms with Crippen molar-refractivity contribution >= 4 is 35.6 Å². The van der Waals surface area contributed by atoms with E-state index in [9.17, 15) is 8.78 Å². The predicted octanol–water partition coefficient (Wildman–Crippen LogP) is 3.85. The molecule has 0 spiro atoms. The van der Waals surface area contributed by atoms with E-state index in [0.29, 0.717) is 22.7 Å². The van der Waals surface area contributed by atoms with E-state index in [1.165, 1.54) is 13.2 Å². The highest BCUT2D eigenvalue weighted by molar-refractivity contribution is 14.0. The van der Waals surface area contributed by atoms with E-state index >= 15 is 0 Å². The van der Waals surface area contributed by atoms with Crippen molar-refractivity contribution in [2.45, 2.75) is 13.2 Å². The molecule has 26 heavy (non-hydrogen) atoms. The summed E-state index contributed by atoms with van der Waals surface area (Å²) < 4.78 is 39.7. The molecule has 0 aliphatic carbocycles. The lowest BCUT2D eigenvalue weighted by Gasteiger charge is -2.12. The molecule has 0 radical (unpaired) electrons. The maximum absolute atomic E-state index is 12.4. The number of hydrogen-bond donors (Lipinski definition) is 2. The monoisotopic (exact) mass is 479 g/mol. The van der Waals surface area contributed by atoms with Crippen LogP contribution in [-0.2, 0) is 6.54 Å². The van der Waals surface area contributed by atoms with Gasteiger partial charge in [0.25, 0.3) is 0 Å². The average Bonchev–Trinajstić information content (AvgIpc) is 2.60. The van der Waals surface area contributed by atoms with Crippen LogP contribution in [0.25, 0.3) is 0 Å². The Morgan fingerprint density at radius 1 is 1.12 bits per heavy atom. The molecule has 0 aromatic heterocycles. The molecule has 142 valence electrons. The first-order valence-electron chi connectivity index (χ1n) is 7.35. The largest absolute Gasteiger partial charge is 0.497 e. The van der Waals surface area contributed by atoms with Gasteiger partial charge in [-0.25, -0.2) is 4.99 Å². The van der Waals surface area contributed by atoms with Crippen molar-refractivity contribution < 1.29 is 23.0 Å². The number of alkyl halides is 2. The van der Waals surface area contributed by atoms with E-state index in [1.54, 1.807) is 43.5 Å². The van der Waals surface area contributed by atoms with Gasteiger partial charge in [0.05, 0.1) is 26.5 Å². The zero-order valence-corrected chi connectivity index (χ0v) is 16.6. The van der Waals surface area contributed by atoms with Crippen LogP contribution in [0.5, 0.6) is 17.2 Å². The summed E-state index contributed by atoms with van der Waals surface area (Å²) in [5.41, 5.74) is 6.93. The second-order valence-electron chi connectivity index (χ2n) is 4.88. The maximum Gasteiger partial charge on any atom is 0.387 e. The van der Waals surface area contributed by atoms with Gasteiger partial charge in [0, 0.05) is 11.6 Å². The van der Waals surface area contributed by atoms with E-state index in [4.69, 9.17) is 15.2 Å². The van der Waals surface area contributed by atoms with Crippen molar-refractivity contribution in [1.82, 2.24) is 0 Å². The third kappa shape index (κ3) is 6.21. The summed E-state index contributed by atoms with van der Waals surface area (Å²) in [6.07, 6.45) is 0. The van der Waals surface area contributed by atoms with Gasteiger partial charge >= 0.3 is 6.61 Å². The van der Waals surface area contributed by atoms with Crippen LogP contribution in [0.3, 0.4) is 0 Å². The topological polar surface area (TPSA) is 78.1 Å². The number of nitrogens with one attached hydrogen (secondary N) is 1. The minimum absolute atomic E-state index is 0. The number of para-hydroxylation sites is 1. The smallest absolute Gasteiger partial charge is 0.387 e. The highest BCUT2D eigenvalue weighted by Crippen LogP contribution is 2.28. The van der Waals surface area contributed by atoms with Gasteiger partial charge in [-0.15, -0.1) is 24.0 Å². The fourth-order valence-corrected chi connectivity index (χ4v) is 2.11. The van der Waals surface area contributed by atoms with Crippen LogP contribution in [0, 0.1) is 0 Å². The quantitative estimate of drug-likeness (QED) is 0.359. The Labute approximate surface area is 167 Å². The highest BCUT2D eigenvalue weighted by Gasteiger charge is 2.09. The number of ether oxygens (including phenoxy) is 3. The fraction of sp³-hybridized carbons (Fsp3) is 0.235. The number of nitrogens with two attached hydrogens (primary N) is 1. The minimum Gasteiger partial charge on any atom is -0.497 e. The number of guanidine groups is 1. The van der Waals surface area contributed by atoms with Crippen LogP contribution in [0.4, 0.5) is 14.5 Å². The van der Waals surface area contributed by atoms with Crippen LogP contribution in [-0.4, -0.2) is 26.8 Å². The van der Waals surface area contributed by atoms with Crippen molar-refractivity contribution in [2.24, 2.45) is 10.7 Å². The highest BCUT2D eigenvalue weighted by atomic mass is 127. The van der Waals surface area contributed by atoms with Crippen LogP contribution in [0.2, 0.25) is 0 Å². The van der Waals surface area contributed by atoms with Crippen molar-refractivity contribution in [3.05, 3.63) is 48.0 Å². The molecule has 6 nitrogen and oxygen atoms in total. The molecule has 0 unspecified atom stereocenters. The summed E-state index contributed by atoms with van der Waals surface area (Å²) in [6.45, 7) is -2.82. The second kappa shape index (κ2) is 10.6. The van der Waals surface area contributed by atoms with Gasteiger partial charge in [-0.1, -0.05) is 18.2 Å². The average molecular weight is 479 g/mol. The summed E-state index contributed by atoms with van der Waals surface area (Å²) in [7, 11) is 3.07. The molecule has 2 aromatic rings. The Balaban J connectivity index is 0.00000338. The number of benzene rings is 2. The van der Waals surface area contributed by atoms with Crippen LogP contribution < -0.4 is 25.3 Å². The van der Waals surface area contributed by atoms with E-state index < -0.39 is 6.61 Å². The molecule has 3 N–H and O–H groups in total. The first-order chi connectivity index (χ1) is 12.0. The number of anilines is 1. The van der Waals surface area contributed by atoms with Crippen LogP contribution >= 0.6 is 24.0 Å². The molecule has 2 rings (SSSR count). The van der Waals surface area contributed by atoms with E-state index in [1.807, 2.05) is 0 Å². The zero-order chi connectivity index (χ0) is 18.2. The summed E-state index contributed by atoms with van der Waals surface area (Å²) >= 11 is 0. The number of aliphatic imine (C=N–C) groups is 1. The summed E-state index contributed by atoms with van der Waals surface area (Å²) in [6, 6.07) is 11.6. The summed E-state index contributed by atoms with van der Waals surface area (Å²) in [4.78, 5) is 4.15. The molecule has 2 aromatic carbocycles. The van der Waals surface area contributed by atoms with Gasteiger partial charge in [-0.3, -0.25) is 0 Å². The number of hydrogen-bond acceptors (Lipinski definition) is 4. The van der Waals surface area contributed by atoms with E-state index in [0.717, 1.165) is 0 Å². The zero-order valence-electron chi connectivity index (χ0n) is 14.2. The fourth-order valence-electron chi connectivity index (χ4n) is 2.11. The molecule has 0 atom stereocenters. The van der Waals surface area contributed by atoms with Crippen molar-refractivity contribution in [3.63, 3.8) is 0 Å². The van der Waals surface area contributed by atoms with Gasteiger partial charge in [0.2, 0.25) is 0 Å². The van der Waals surface area contributed by atoms with E-state index in [2.05, 4.69) is 15.0 Å². The van der Waals surface area contributed by atoms with Gasteiger partial charge in [0.1, 0.15) is 17.2 Å². The third-order valence-corrected chi connectivity index (χ3v) is 3.28. The van der Waals surface area contributed by atoms with Gasteiger partial charge < -0.3 is 25.3 Å². The number of halogens is 3. The molecule has 0 fully saturated rings. The third-order valence-electron chi connectivity index (χ3n) is 3.28. The van der Waals surface area contributed by atoms with Gasteiger partial charge in [-0.2, -0.15) is 8.78 Å². The summed E-state index contributed by atoms with van der Waals surface area (Å²) in [5.74, 6) is 1.33. The van der Waals surface area contributed by atoms with Crippen molar-refractivity contribution in [2.75, 3.05) is 19.5 Å². The second-order valence-corrected chi connectivity index (χ2v) is 4.88. The lowest BCUT2D eigenvalue weighted by Crippen LogP contribution is -2.23. The Hall–Kier alpha value is -2.30. The first-order valence-corrected chi connectivity index (χ1v) is 7.35. The SMILES string of the molecule is COc1ccc(OC)c(NC(N)=NCc2ccccc2OC(F)F)c1.I. The molecule has 0 aliphatic heterocycles. The number of methoxy groups -OCH3 is 2. The summed E-state index contributed by atoms with van der Waals surface area (Å²) in [5, 5.41) is 2.90. The lowest BCUT2D eigenvalue weighted by atomic mass is 10.2. The van der Waals surface area contributed by atoms with Gasteiger partial charge in [0.15, 0.2) is 5.96 Å².